The van der Waals surface area contributed by atoms with Crippen LogP contribution in [0.2, 0.25) is 0 Å². The number of hydrogen-bond acceptors (Lipinski definition) is 3. The van der Waals surface area contributed by atoms with Crippen molar-refractivity contribution in [2.75, 3.05) is 0 Å². The minimum Gasteiger partial charge on any atom is -0.652 e. The molecule has 0 rings (SSSR count). The molecule has 0 aromatic rings. The van der Waals surface area contributed by atoms with Crippen molar-refractivity contribution >= 4 is 6.16 Å². The third kappa shape index (κ3) is 92.9. The summed E-state index contributed by atoms with van der Waals surface area (Å²) in [7, 11) is 0. The van der Waals surface area contributed by atoms with E-state index in [9.17, 15) is 0 Å². The summed E-state index contributed by atoms with van der Waals surface area (Å²) in [6.07, 6.45) is -2.33. The van der Waals surface area contributed by atoms with Crippen LogP contribution in [0.4, 0.5) is 4.79 Å². The maximum absolute atomic E-state index is 8.33. The van der Waals surface area contributed by atoms with E-state index in [0.717, 1.165) is 0 Å². The molecule has 24 valence electrons. The van der Waals surface area contributed by atoms with E-state index in [0.29, 0.717) is 0 Å². The minimum atomic E-state index is -2.33. The van der Waals surface area contributed by atoms with Crippen molar-refractivity contribution in [3.05, 3.63) is 0 Å². The van der Waals surface area contributed by atoms with Crippen LogP contribution in [0, 0.1) is 0 Å². The molecule has 0 aromatic carbocycles. The molecule has 5 heteroatoms. The summed E-state index contributed by atoms with van der Waals surface area (Å²) in [4.78, 5) is 8.33. The van der Waals surface area contributed by atoms with Crippen LogP contribution >= 0.6 is 0 Å². The quantitative estimate of drug-likeness (QED) is 0.322. The molecule has 0 aliphatic carbocycles. The predicted octanol–water partition coefficient (Wildman–Crippen LogP) is -5.45. The van der Waals surface area contributed by atoms with Crippen LogP contribution in [0.3, 0.4) is 0 Å². The smallest absolute Gasteiger partial charge is 0.652 e. The molecule has 0 spiro atoms. The maximum atomic E-state index is 8.33. The zero-order chi connectivity index (χ0) is 3.58. The van der Waals surface area contributed by atoms with Gasteiger partial charge in [0.1, 0.15) is 0 Å². The Labute approximate surface area is 69.8 Å². The topological polar surface area (TPSA) is 63.2 Å². The summed E-state index contributed by atoms with van der Waals surface area (Å²) in [5.41, 5.74) is 0. The van der Waals surface area contributed by atoms with Gasteiger partial charge in [0.15, 0.2) is 0 Å². The first-order chi connectivity index (χ1) is 1.73. The second-order valence-corrected chi connectivity index (χ2v) is 0.250. The standard InChI is InChI=1S/CH2O3.Na.Zn/c2-1(3)4;;/h(H2,2,3,4);;/q;+1;+2/p-2. The number of hydrogen-bond donors (Lipinski definition) is 0. The molecule has 0 radical (unpaired) electrons. The molecule has 0 bridgehead atoms. The van der Waals surface area contributed by atoms with Crippen molar-refractivity contribution in [3.63, 3.8) is 0 Å². The zero-order valence-corrected chi connectivity index (χ0v) is 8.40. The molecule has 3 nitrogen and oxygen atoms in total. The Morgan fingerprint density at radius 2 is 1.33 bits per heavy atom. The molecule has 0 aliphatic heterocycles. The number of carbonyl (C=O) groups excluding carboxylic acids is 1. The number of carboxylic acid groups (broad SMARTS) is 2. The van der Waals surface area contributed by atoms with Crippen molar-refractivity contribution in [3.8, 4) is 0 Å². The van der Waals surface area contributed by atoms with Crippen molar-refractivity contribution in [2.45, 2.75) is 0 Å². The summed E-state index contributed by atoms with van der Waals surface area (Å²) in [5.74, 6) is 0. The first-order valence-electron chi connectivity index (χ1n) is 0.612. The van der Waals surface area contributed by atoms with Crippen LogP contribution in [-0.4, -0.2) is 6.16 Å². The van der Waals surface area contributed by atoms with Crippen LogP contribution in [-0.2, 0) is 19.5 Å². The van der Waals surface area contributed by atoms with E-state index in [1.54, 1.807) is 0 Å². The molecule has 0 N–H and O–H groups in total. The monoisotopic (exact) mass is 147 g/mol. The van der Waals surface area contributed by atoms with Gasteiger partial charge in [0.2, 0.25) is 0 Å². The first kappa shape index (κ1) is 15.8. The third-order valence-electron chi connectivity index (χ3n) is 0. The fourth-order valence-electron chi connectivity index (χ4n) is 0. The molecule has 0 fully saturated rings. The van der Waals surface area contributed by atoms with Crippen LogP contribution in [0.5, 0.6) is 0 Å². The first-order valence-corrected chi connectivity index (χ1v) is 0.612. The zero-order valence-electron chi connectivity index (χ0n) is 3.43. The molecule has 0 amide bonds. The Bertz CT molecular complexity index is 33.8. The van der Waals surface area contributed by atoms with Gasteiger partial charge in [-0.25, -0.2) is 0 Å². The van der Waals surface area contributed by atoms with Gasteiger partial charge in [-0.15, -0.1) is 0 Å². The van der Waals surface area contributed by atoms with Gasteiger partial charge in [-0.05, 0) is 6.16 Å². The third-order valence-corrected chi connectivity index (χ3v) is 0. The molecular weight excluding hydrogens is 148 g/mol. The molecule has 0 aliphatic rings. The van der Waals surface area contributed by atoms with Crippen LogP contribution in [0.25, 0.3) is 0 Å². The summed E-state index contributed by atoms with van der Waals surface area (Å²) < 4.78 is 0. The van der Waals surface area contributed by atoms with Crippen LogP contribution < -0.4 is 39.8 Å². The Kier molecular flexibility index (Phi) is 24.5. The average Bonchev–Trinajstić information content (AvgIpc) is 0.811. The van der Waals surface area contributed by atoms with Crippen molar-refractivity contribution < 1.29 is 64.0 Å². The van der Waals surface area contributed by atoms with Crippen molar-refractivity contribution in [1.29, 1.82) is 0 Å². The van der Waals surface area contributed by atoms with E-state index in [1.807, 2.05) is 0 Å². The SMILES string of the molecule is O=C([O-])[O-].[Na+].[Zn+2]. The van der Waals surface area contributed by atoms with Gasteiger partial charge in [0, 0.05) is 0 Å². The van der Waals surface area contributed by atoms with E-state index in [2.05, 4.69) is 0 Å². The van der Waals surface area contributed by atoms with E-state index in [-0.39, 0.29) is 49.0 Å². The van der Waals surface area contributed by atoms with Gasteiger partial charge in [-0.2, -0.15) is 0 Å². The minimum absolute atomic E-state index is 0. The second kappa shape index (κ2) is 9.31. The fourth-order valence-corrected chi connectivity index (χ4v) is 0. The molecule has 0 heterocycles. The molecule has 0 saturated heterocycles. The Morgan fingerprint density at radius 3 is 1.33 bits per heavy atom. The normalized spacial score (nSPS) is 4.00. The summed E-state index contributed by atoms with van der Waals surface area (Å²) in [5, 5.41) is 16.7. The van der Waals surface area contributed by atoms with Crippen molar-refractivity contribution in [2.24, 2.45) is 0 Å². The van der Waals surface area contributed by atoms with E-state index in [1.165, 1.54) is 0 Å². The van der Waals surface area contributed by atoms with E-state index >= 15 is 0 Å². The molecule has 0 unspecified atom stereocenters. The van der Waals surface area contributed by atoms with Gasteiger partial charge in [-0.1, -0.05) is 0 Å². The van der Waals surface area contributed by atoms with E-state index in [4.69, 9.17) is 15.0 Å². The van der Waals surface area contributed by atoms with Crippen molar-refractivity contribution in [1.82, 2.24) is 0 Å². The molecule has 0 atom stereocenters. The summed E-state index contributed by atoms with van der Waals surface area (Å²) in [6, 6.07) is 0. The maximum Gasteiger partial charge on any atom is 2.00 e. The number of carbonyl (C=O) groups is 1. The number of rotatable bonds is 0. The Hall–Kier alpha value is 0.893. The van der Waals surface area contributed by atoms with Gasteiger partial charge in [0.25, 0.3) is 0 Å². The molecule has 6 heavy (non-hydrogen) atoms. The van der Waals surface area contributed by atoms with E-state index < -0.39 is 6.16 Å². The second-order valence-electron chi connectivity index (χ2n) is 0.250. The molecule has 0 aromatic heterocycles. The van der Waals surface area contributed by atoms with Gasteiger partial charge in [-0.3, -0.25) is 0 Å². The molecular formula is CNaO3Zn+. The average molecular weight is 148 g/mol. The van der Waals surface area contributed by atoms with Gasteiger partial charge in [0.05, 0.1) is 0 Å². The van der Waals surface area contributed by atoms with Gasteiger partial charge < -0.3 is 15.0 Å². The summed E-state index contributed by atoms with van der Waals surface area (Å²) in [6.45, 7) is 0. The van der Waals surface area contributed by atoms with Gasteiger partial charge >= 0.3 is 49.0 Å². The molecule has 0 saturated carbocycles. The fraction of sp³-hybridized carbons (Fsp3) is 0. The predicted molar refractivity (Wildman–Crippen MR) is 5.40 cm³/mol. The Balaban J connectivity index is -0.0000000450. The summed E-state index contributed by atoms with van der Waals surface area (Å²) >= 11 is 0. The Morgan fingerprint density at radius 1 is 1.33 bits per heavy atom. The largest absolute Gasteiger partial charge is 2.00 e. The van der Waals surface area contributed by atoms with Crippen LogP contribution in [0.15, 0.2) is 0 Å². The van der Waals surface area contributed by atoms with Crippen LogP contribution in [0.1, 0.15) is 0 Å².